The third-order valence-electron chi connectivity index (χ3n) is 5.19. The average molecular weight is 329 g/mol. The van der Waals surface area contributed by atoms with Crippen LogP contribution in [0.4, 0.5) is 0 Å². The second-order valence-electron chi connectivity index (χ2n) is 6.63. The number of benzene rings is 1. The molecule has 3 heterocycles. The van der Waals surface area contributed by atoms with Gasteiger partial charge < -0.3 is 4.74 Å². The summed E-state index contributed by atoms with van der Waals surface area (Å²) in [6.07, 6.45) is 5.22. The van der Waals surface area contributed by atoms with Crippen molar-refractivity contribution in [2.45, 2.75) is 44.8 Å². The molecule has 23 heavy (non-hydrogen) atoms. The monoisotopic (exact) mass is 328 g/mol. The van der Waals surface area contributed by atoms with E-state index in [0.717, 1.165) is 23.7 Å². The van der Waals surface area contributed by atoms with Crippen LogP contribution in [0.3, 0.4) is 0 Å². The van der Waals surface area contributed by atoms with Crippen molar-refractivity contribution in [1.29, 1.82) is 0 Å². The maximum atomic E-state index is 6.19. The van der Waals surface area contributed by atoms with Gasteiger partial charge in [-0.15, -0.1) is 0 Å². The third kappa shape index (κ3) is 2.62. The van der Waals surface area contributed by atoms with Gasteiger partial charge >= 0.3 is 0 Å². The average Bonchev–Trinajstić information content (AvgIpc) is 2.82. The zero-order chi connectivity index (χ0) is 16.0. The summed E-state index contributed by atoms with van der Waals surface area (Å²) < 4.78 is 5.56. The van der Waals surface area contributed by atoms with Crippen molar-refractivity contribution >= 4 is 11.6 Å². The van der Waals surface area contributed by atoms with Gasteiger partial charge in [-0.3, -0.25) is 9.88 Å². The fraction of sp³-hybridized carbons (Fsp3) is 0.421. The minimum absolute atomic E-state index is 0.431. The van der Waals surface area contributed by atoms with E-state index in [2.05, 4.69) is 41.1 Å². The van der Waals surface area contributed by atoms with Crippen molar-refractivity contribution in [2.75, 3.05) is 7.11 Å². The highest BCUT2D eigenvalue weighted by atomic mass is 35.5. The Labute approximate surface area is 142 Å². The Morgan fingerprint density at radius 3 is 3.00 bits per heavy atom. The van der Waals surface area contributed by atoms with Crippen molar-refractivity contribution in [3.05, 3.63) is 57.9 Å². The summed E-state index contributed by atoms with van der Waals surface area (Å²) in [6.45, 7) is 3.05. The van der Waals surface area contributed by atoms with Crippen LogP contribution in [0, 0.1) is 6.92 Å². The molecule has 2 aliphatic rings. The Morgan fingerprint density at radius 2 is 2.17 bits per heavy atom. The fourth-order valence-corrected chi connectivity index (χ4v) is 4.29. The smallest absolute Gasteiger partial charge is 0.123 e. The number of ether oxygens (including phenoxy) is 1. The Hall–Kier alpha value is -1.58. The number of hydrogen-bond donors (Lipinski definition) is 0. The zero-order valence-corrected chi connectivity index (χ0v) is 14.3. The van der Waals surface area contributed by atoms with Gasteiger partial charge in [0.2, 0.25) is 0 Å². The van der Waals surface area contributed by atoms with Crippen LogP contribution >= 0.6 is 11.6 Å². The number of aryl methyl sites for hydroxylation is 1. The lowest BCUT2D eigenvalue weighted by atomic mass is 9.97. The number of rotatable bonds is 3. The molecular formula is C19H21ClN2O. The van der Waals surface area contributed by atoms with Crippen molar-refractivity contribution in [2.24, 2.45) is 0 Å². The van der Waals surface area contributed by atoms with Gasteiger partial charge in [-0.1, -0.05) is 29.3 Å². The molecule has 4 rings (SSSR count). The highest BCUT2D eigenvalue weighted by Gasteiger charge is 2.40. The minimum atomic E-state index is 0.431. The molecule has 1 aromatic heterocycles. The van der Waals surface area contributed by atoms with E-state index in [9.17, 15) is 0 Å². The molecule has 0 amide bonds. The van der Waals surface area contributed by atoms with Crippen molar-refractivity contribution in [3.8, 4) is 5.75 Å². The van der Waals surface area contributed by atoms with Crippen molar-refractivity contribution in [3.63, 3.8) is 0 Å². The standard InChI is InChI=1S/C19H21ClN2O/c1-12-3-6-19(23-2)13(7-12)11-22-15-4-5-18(22)16-8-14(20)10-21-17(16)9-15/h3,6-8,10,15,18H,4-5,9,11H2,1-2H3. The van der Waals surface area contributed by atoms with E-state index in [0.29, 0.717) is 12.1 Å². The second-order valence-corrected chi connectivity index (χ2v) is 7.06. The van der Waals surface area contributed by atoms with E-state index in [1.807, 2.05) is 0 Å². The van der Waals surface area contributed by atoms with Crippen LogP contribution in [0.5, 0.6) is 5.75 Å². The molecule has 2 bridgehead atoms. The Bertz CT molecular complexity index is 746. The van der Waals surface area contributed by atoms with E-state index < -0.39 is 0 Å². The molecule has 120 valence electrons. The zero-order valence-electron chi connectivity index (χ0n) is 13.6. The highest BCUT2D eigenvalue weighted by Crippen LogP contribution is 2.45. The molecule has 2 atom stereocenters. The SMILES string of the molecule is COc1ccc(C)cc1CN1C2CCC1c1cc(Cl)cnc1C2. The van der Waals surface area contributed by atoms with E-state index in [1.165, 1.54) is 35.2 Å². The summed E-state index contributed by atoms with van der Waals surface area (Å²) in [5.74, 6) is 0.977. The number of nitrogens with zero attached hydrogens (tertiary/aromatic N) is 2. The molecule has 2 aliphatic heterocycles. The largest absolute Gasteiger partial charge is 0.496 e. The molecular weight excluding hydrogens is 308 g/mol. The van der Waals surface area contributed by atoms with Gasteiger partial charge in [-0.05, 0) is 37.5 Å². The molecule has 4 heteroatoms. The number of halogens is 1. The summed E-state index contributed by atoms with van der Waals surface area (Å²) in [4.78, 5) is 7.17. The fourth-order valence-electron chi connectivity index (χ4n) is 4.12. The Morgan fingerprint density at radius 1 is 1.30 bits per heavy atom. The van der Waals surface area contributed by atoms with Crippen LogP contribution in [0.25, 0.3) is 0 Å². The van der Waals surface area contributed by atoms with E-state index >= 15 is 0 Å². The van der Waals surface area contributed by atoms with Gasteiger partial charge in [0.25, 0.3) is 0 Å². The van der Waals surface area contributed by atoms with Crippen LogP contribution in [0.2, 0.25) is 5.02 Å². The Kier molecular flexibility index (Phi) is 3.78. The van der Waals surface area contributed by atoms with E-state index in [4.69, 9.17) is 16.3 Å². The molecule has 0 spiro atoms. The minimum Gasteiger partial charge on any atom is -0.496 e. The number of methoxy groups -OCH3 is 1. The number of aromatic nitrogens is 1. The molecule has 1 fully saturated rings. The lowest BCUT2D eigenvalue weighted by Crippen LogP contribution is -2.37. The summed E-state index contributed by atoms with van der Waals surface area (Å²) >= 11 is 6.19. The molecule has 1 aromatic carbocycles. The van der Waals surface area contributed by atoms with Gasteiger partial charge in [-0.25, -0.2) is 0 Å². The van der Waals surface area contributed by atoms with Crippen LogP contribution < -0.4 is 4.74 Å². The molecule has 0 radical (unpaired) electrons. The number of hydrogen-bond acceptors (Lipinski definition) is 3. The predicted molar refractivity (Wildman–Crippen MR) is 92.0 cm³/mol. The molecule has 2 unspecified atom stereocenters. The van der Waals surface area contributed by atoms with Gasteiger partial charge in [0.1, 0.15) is 5.75 Å². The predicted octanol–water partition coefficient (Wildman–Crippen LogP) is 4.31. The van der Waals surface area contributed by atoms with Crippen LogP contribution in [0.15, 0.2) is 30.5 Å². The van der Waals surface area contributed by atoms with Crippen LogP contribution in [0.1, 0.15) is 41.3 Å². The van der Waals surface area contributed by atoms with Crippen molar-refractivity contribution in [1.82, 2.24) is 9.88 Å². The molecule has 3 nitrogen and oxygen atoms in total. The maximum absolute atomic E-state index is 6.19. The lowest BCUT2D eigenvalue weighted by molar-refractivity contribution is 0.164. The van der Waals surface area contributed by atoms with Gasteiger partial charge in [-0.2, -0.15) is 0 Å². The van der Waals surface area contributed by atoms with Gasteiger partial charge in [0.15, 0.2) is 0 Å². The van der Waals surface area contributed by atoms with Gasteiger partial charge in [0, 0.05) is 42.5 Å². The van der Waals surface area contributed by atoms with Gasteiger partial charge in [0.05, 0.1) is 12.1 Å². The number of pyridine rings is 1. The maximum Gasteiger partial charge on any atom is 0.123 e. The molecule has 0 N–H and O–H groups in total. The topological polar surface area (TPSA) is 25.4 Å². The van der Waals surface area contributed by atoms with Crippen LogP contribution in [-0.4, -0.2) is 23.0 Å². The number of fused-ring (bicyclic) bond motifs is 4. The summed E-state index contributed by atoms with van der Waals surface area (Å²) in [5, 5.41) is 0.738. The van der Waals surface area contributed by atoms with Crippen molar-refractivity contribution < 1.29 is 4.74 Å². The third-order valence-corrected chi connectivity index (χ3v) is 5.40. The first-order valence-electron chi connectivity index (χ1n) is 8.19. The van der Waals surface area contributed by atoms with Crippen LogP contribution in [-0.2, 0) is 13.0 Å². The first-order valence-corrected chi connectivity index (χ1v) is 8.57. The summed E-state index contributed by atoms with van der Waals surface area (Å²) in [5.41, 5.74) is 5.09. The second kappa shape index (κ2) is 5.81. The lowest BCUT2D eigenvalue weighted by Gasteiger charge is -2.36. The molecule has 1 saturated heterocycles. The highest BCUT2D eigenvalue weighted by molar-refractivity contribution is 6.30. The normalized spacial score (nSPS) is 22.9. The quantitative estimate of drug-likeness (QED) is 0.839. The Balaban J connectivity index is 1.68. The first kappa shape index (κ1) is 15.0. The summed E-state index contributed by atoms with van der Waals surface area (Å²) in [6, 6.07) is 9.53. The molecule has 0 saturated carbocycles. The van der Waals surface area contributed by atoms with E-state index in [-0.39, 0.29) is 0 Å². The summed E-state index contributed by atoms with van der Waals surface area (Å²) in [7, 11) is 1.75. The molecule has 0 aliphatic carbocycles. The van der Waals surface area contributed by atoms with E-state index in [1.54, 1.807) is 13.3 Å². The first-order chi connectivity index (χ1) is 11.2. The molecule has 2 aromatic rings.